The predicted molar refractivity (Wildman–Crippen MR) is 256 cm³/mol. The lowest BCUT2D eigenvalue weighted by Gasteiger charge is -2.39. The third kappa shape index (κ3) is 4.63. The Morgan fingerprint density at radius 2 is 0.810 bits per heavy atom. The van der Waals surface area contributed by atoms with Crippen molar-refractivity contribution < 1.29 is 0 Å². The molecule has 0 saturated carbocycles. The minimum Gasteiger partial charge on any atom is -0.309 e. The van der Waals surface area contributed by atoms with Crippen molar-refractivity contribution in [3.05, 3.63) is 235 Å². The fraction of sp³-hybridized carbons (Fsp3) is 0.0172. The first-order chi connectivity index (χ1) is 31.3. The summed E-state index contributed by atoms with van der Waals surface area (Å²) in [6, 6.07) is 76.6. The van der Waals surface area contributed by atoms with E-state index in [-0.39, 0.29) is 0 Å². The van der Waals surface area contributed by atoms with Gasteiger partial charge in [-0.25, -0.2) is 15.0 Å². The van der Waals surface area contributed by atoms with Crippen LogP contribution in [-0.2, 0) is 5.41 Å². The molecule has 3 aromatic heterocycles. The van der Waals surface area contributed by atoms with Gasteiger partial charge in [0.05, 0.1) is 33.2 Å². The molecule has 14 rings (SSSR count). The monoisotopic (exact) mass is 801 g/mol. The molecule has 0 N–H and O–H groups in total. The zero-order valence-corrected chi connectivity index (χ0v) is 33.9. The largest absolute Gasteiger partial charge is 0.309 e. The Hall–Kier alpha value is -8.41. The first-order valence-electron chi connectivity index (χ1n) is 21.5. The second-order valence-electron chi connectivity index (χ2n) is 16.7. The number of nitrogens with zero attached hydrogens (tertiary/aromatic N) is 5. The van der Waals surface area contributed by atoms with Crippen LogP contribution in [0.5, 0.6) is 0 Å². The highest BCUT2D eigenvalue weighted by Gasteiger charge is 2.50. The summed E-state index contributed by atoms with van der Waals surface area (Å²) >= 11 is 0. The van der Waals surface area contributed by atoms with Crippen molar-refractivity contribution in [3.8, 4) is 56.7 Å². The molecule has 1 aliphatic carbocycles. The van der Waals surface area contributed by atoms with Crippen molar-refractivity contribution in [3.63, 3.8) is 0 Å². The molecule has 4 heterocycles. The van der Waals surface area contributed by atoms with Crippen LogP contribution in [0.3, 0.4) is 0 Å². The van der Waals surface area contributed by atoms with Crippen molar-refractivity contribution in [1.82, 2.24) is 24.1 Å². The van der Waals surface area contributed by atoms with Gasteiger partial charge in [0.15, 0.2) is 17.5 Å². The van der Waals surface area contributed by atoms with Crippen LogP contribution in [0.15, 0.2) is 212 Å². The van der Waals surface area contributed by atoms with Gasteiger partial charge in [0.25, 0.3) is 0 Å². The molecule has 12 aromatic rings. The molecular weight excluding hydrogens is 767 g/mol. The molecule has 2 aliphatic rings. The van der Waals surface area contributed by atoms with Gasteiger partial charge in [-0.3, -0.25) is 0 Å². The summed E-state index contributed by atoms with van der Waals surface area (Å²) in [7, 11) is 0. The lowest BCUT2D eigenvalue weighted by molar-refractivity contribution is 0.748. The highest BCUT2D eigenvalue weighted by atomic mass is 15.0. The maximum atomic E-state index is 5.27. The second kappa shape index (κ2) is 12.8. The first-order valence-corrected chi connectivity index (χ1v) is 21.5. The van der Waals surface area contributed by atoms with Crippen molar-refractivity contribution in [2.24, 2.45) is 0 Å². The second-order valence-corrected chi connectivity index (χ2v) is 16.7. The number of para-hydroxylation sites is 5. The van der Waals surface area contributed by atoms with E-state index in [0.29, 0.717) is 17.5 Å². The zero-order chi connectivity index (χ0) is 41.2. The van der Waals surface area contributed by atoms with Gasteiger partial charge in [-0.2, -0.15) is 0 Å². The molecule has 0 bridgehead atoms. The summed E-state index contributed by atoms with van der Waals surface area (Å²) in [4.78, 5) is 15.6. The molecule has 0 radical (unpaired) electrons. The van der Waals surface area contributed by atoms with Crippen molar-refractivity contribution in [1.29, 1.82) is 0 Å². The maximum absolute atomic E-state index is 5.27. The Labute approximate surface area is 362 Å². The Bertz CT molecular complexity index is 3810. The van der Waals surface area contributed by atoms with Gasteiger partial charge < -0.3 is 9.13 Å². The molecule has 1 atom stereocenters. The van der Waals surface area contributed by atoms with E-state index in [4.69, 9.17) is 15.0 Å². The van der Waals surface area contributed by atoms with E-state index in [0.717, 1.165) is 22.4 Å². The highest BCUT2D eigenvalue weighted by Crippen LogP contribution is 2.61. The molecular formula is C58H35N5. The normalized spacial score (nSPS) is 14.7. The van der Waals surface area contributed by atoms with E-state index in [9.17, 15) is 0 Å². The highest BCUT2D eigenvalue weighted by molar-refractivity contribution is 6.13. The van der Waals surface area contributed by atoms with Crippen LogP contribution in [0, 0.1) is 0 Å². The number of benzene rings is 9. The van der Waals surface area contributed by atoms with E-state index in [1.54, 1.807) is 0 Å². The van der Waals surface area contributed by atoms with Gasteiger partial charge in [0.1, 0.15) is 0 Å². The molecule has 1 spiro atoms. The first kappa shape index (κ1) is 34.3. The van der Waals surface area contributed by atoms with Crippen molar-refractivity contribution in [2.75, 3.05) is 0 Å². The predicted octanol–water partition coefficient (Wildman–Crippen LogP) is 13.7. The lowest BCUT2D eigenvalue weighted by atomic mass is 9.65. The van der Waals surface area contributed by atoms with Crippen LogP contribution in [0.1, 0.15) is 22.3 Å². The number of fused-ring (bicyclic) bond motifs is 15. The molecule has 0 saturated heterocycles. The smallest absolute Gasteiger partial charge is 0.164 e. The summed E-state index contributed by atoms with van der Waals surface area (Å²) in [5, 5.41) is 5.02. The standard InChI is InChI=1S/C58H35N5/c1-2-15-36(16-3-1)55-59-56(37-29-32-39(33-30-37)62-50-25-10-5-18-41(50)42-19-6-11-26-51(42)62)61-57(60-55)38-31-34-47-45(35-38)40-17-4-8-22-46(40)58(47)48-23-9-13-28-53(48)63-52-27-12-7-20-43(52)44-21-14-24-49(58)54(44)63/h1-35H. The average molecular weight is 802 g/mol. The SMILES string of the molecule is c1ccc(-c2nc(-c3ccc(-n4c5ccccc5c5ccccc54)cc3)nc(-c3ccc4c(c3)-c3ccccc3C43c4ccccc4-n4c5ccccc5c5cccc3c54)n2)cc1. The van der Waals surface area contributed by atoms with Gasteiger partial charge >= 0.3 is 0 Å². The van der Waals surface area contributed by atoms with E-state index >= 15 is 0 Å². The summed E-state index contributed by atoms with van der Waals surface area (Å²) in [5.41, 5.74) is 17.0. The number of rotatable bonds is 4. The van der Waals surface area contributed by atoms with Crippen molar-refractivity contribution in [2.45, 2.75) is 5.41 Å². The molecule has 5 nitrogen and oxygen atoms in total. The molecule has 0 fully saturated rings. The van der Waals surface area contributed by atoms with Gasteiger partial charge in [-0.05, 0) is 88.0 Å². The summed E-state index contributed by atoms with van der Waals surface area (Å²) in [6.45, 7) is 0. The lowest BCUT2D eigenvalue weighted by Crippen LogP contribution is -2.33. The van der Waals surface area contributed by atoms with Crippen LogP contribution >= 0.6 is 0 Å². The zero-order valence-electron chi connectivity index (χ0n) is 33.9. The molecule has 5 heteroatoms. The maximum Gasteiger partial charge on any atom is 0.164 e. The van der Waals surface area contributed by atoms with Gasteiger partial charge in [0, 0.05) is 43.9 Å². The summed E-state index contributed by atoms with van der Waals surface area (Å²) in [6.07, 6.45) is 0. The molecule has 1 aliphatic heterocycles. The van der Waals surface area contributed by atoms with E-state index in [1.165, 1.54) is 82.7 Å². The minimum absolute atomic E-state index is 0.525. The van der Waals surface area contributed by atoms with Crippen LogP contribution < -0.4 is 0 Å². The Morgan fingerprint density at radius 1 is 0.317 bits per heavy atom. The summed E-state index contributed by atoms with van der Waals surface area (Å²) in [5.74, 6) is 1.91. The third-order valence-corrected chi connectivity index (χ3v) is 13.6. The molecule has 9 aromatic carbocycles. The van der Waals surface area contributed by atoms with Crippen LogP contribution in [0.25, 0.3) is 100 Å². The fourth-order valence-corrected chi connectivity index (χ4v) is 11.0. The molecule has 63 heavy (non-hydrogen) atoms. The minimum atomic E-state index is -0.525. The number of aromatic nitrogens is 5. The van der Waals surface area contributed by atoms with E-state index in [2.05, 4.69) is 203 Å². The van der Waals surface area contributed by atoms with Crippen LogP contribution in [-0.4, -0.2) is 24.1 Å². The van der Waals surface area contributed by atoms with Crippen LogP contribution in [0.4, 0.5) is 0 Å². The van der Waals surface area contributed by atoms with E-state index in [1.807, 2.05) is 18.2 Å². The van der Waals surface area contributed by atoms with Gasteiger partial charge in [0.2, 0.25) is 0 Å². The fourth-order valence-electron chi connectivity index (χ4n) is 11.0. The number of hydrogen-bond donors (Lipinski definition) is 0. The summed E-state index contributed by atoms with van der Waals surface area (Å²) < 4.78 is 4.82. The van der Waals surface area contributed by atoms with Gasteiger partial charge in [-0.15, -0.1) is 0 Å². The van der Waals surface area contributed by atoms with Gasteiger partial charge in [-0.1, -0.05) is 158 Å². The molecule has 292 valence electrons. The van der Waals surface area contributed by atoms with Crippen molar-refractivity contribution >= 4 is 43.6 Å². The topological polar surface area (TPSA) is 48.5 Å². The molecule has 1 unspecified atom stereocenters. The Morgan fingerprint density at radius 3 is 1.52 bits per heavy atom. The average Bonchev–Trinajstić information content (AvgIpc) is 3.98. The molecule has 0 amide bonds. The quantitative estimate of drug-likeness (QED) is 0.178. The third-order valence-electron chi connectivity index (χ3n) is 13.6. The Balaban J connectivity index is 0.960. The number of hydrogen-bond acceptors (Lipinski definition) is 3. The van der Waals surface area contributed by atoms with E-state index < -0.39 is 5.41 Å². The Kier molecular flexibility index (Phi) is 6.97. The van der Waals surface area contributed by atoms with Crippen LogP contribution in [0.2, 0.25) is 0 Å².